The molecule has 1 aromatic rings. The van der Waals surface area contributed by atoms with Crippen LogP contribution in [0.5, 0.6) is 5.75 Å². The number of aliphatic carboxylic acids is 1. The first-order valence-corrected chi connectivity index (χ1v) is 8.69. The maximum atomic E-state index is 12.8. The van der Waals surface area contributed by atoms with Gasteiger partial charge in [0, 0.05) is 12.8 Å². The molecule has 0 unspecified atom stereocenters. The molecule has 7 nitrogen and oxygen atoms in total. The summed E-state index contributed by atoms with van der Waals surface area (Å²) in [6.45, 7) is -0.541. The second-order valence-corrected chi connectivity index (χ2v) is 5.70. The Balaban J connectivity index is 2.22. The number of benzene rings is 1. The van der Waals surface area contributed by atoms with Crippen LogP contribution in [0, 0.1) is 17.7 Å². The van der Waals surface area contributed by atoms with Crippen LogP contribution in [-0.2, 0) is 9.53 Å². The molecule has 0 heterocycles. The molecule has 1 aromatic carbocycles. The largest absolute Gasteiger partial charge is 0.504 e. The van der Waals surface area contributed by atoms with Gasteiger partial charge in [-0.05, 0) is 36.8 Å². The van der Waals surface area contributed by atoms with Crippen LogP contribution in [0.3, 0.4) is 0 Å². The molecule has 156 valence electrons. The molecule has 0 fully saturated rings. The maximum absolute atomic E-state index is 12.8. The topological polar surface area (TPSA) is 116 Å². The molecule has 0 radical (unpaired) electrons. The summed E-state index contributed by atoms with van der Waals surface area (Å²) >= 11 is 0. The second kappa shape index (κ2) is 13.7. The number of aliphatic hydroxyl groups excluding tert-OH is 3. The molecule has 4 N–H and O–H groups in total. The number of ether oxygens (including phenoxy) is 2. The number of allylic oxidation sites excluding steroid dienone is 3. The highest BCUT2D eigenvalue weighted by atomic mass is 19.1. The van der Waals surface area contributed by atoms with E-state index in [4.69, 9.17) is 9.84 Å². The van der Waals surface area contributed by atoms with E-state index in [-0.39, 0.29) is 12.4 Å². The Kier molecular flexibility index (Phi) is 11.1. The monoisotopic (exact) mass is 406 g/mol. The molecular weight excluding hydrogens is 383 g/mol. The van der Waals surface area contributed by atoms with Gasteiger partial charge >= 0.3 is 5.97 Å². The SMILES string of the molecule is O=C(O)COC=C(O)/C(O)=C\C=C\CC#CCC[C@H](O)COc1ccc(F)cc1. The van der Waals surface area contributed by atoms with Crippen molar-refractivity contribution in [2.45, 2.75) is 25.4 Å². The van der Waals surface area contributed by atoms with Crippen molar-refractivity contribution in [1.29, 1.82) is 0 Å². The Morgan fingerprint density at radius 1 is 1.14 bits per heavy atom. The van der Waals surface area contributed by atoms with Crippen molar-refractivity contribution in [2.24, 2.45) is 0 Å². The summed E-state index contributed by atoms with van der Waals surface area (Å²) < 4.78 is 22.6. The Labute approximate surface area is 168 Å². The molecule has 29 heavy (non-hydrogen) atoms. The molecule has 8 heteroatoms. The summed E-state index contributed by atoms with van der Waals surface area (Å²) in [5, 5.41) is 37.1. The summed E-state index contributed by atoms with van der Waals surface area (Å²) in [7, 11) is 0. The maximum Gasteiger partial charge on any atom is 0.341 e. The van der Waals surface area contributed by atoms with Crippen LogP contribution in [0.2, 0.25) is 0 Å². The molecule has 1 rings (SSSR count). The molecule has 0 aliphatic heterocycles. The molecule has 0 saturated heterocycles. The number of carboxylic acids is 1. The van der Waals surface area contributed by atoms with Crippen molar-refractivity contribution >= 4 is 5.97 Å². The van der Waals surface area contributed by atoms with Gasteiger partial charge in [-0.25, -0.2) is 9.18 Å². The van der Waals surface area contributed by atoms with Gasteiger partial charge < -0.3 is 29.9 Å². The highest BCUT2D eigenvalue weighted by molar-refractivity contribution is 5.68. The van der Waals surface area contributed by atoms with Gasteiger partial charge in [0.1, 0.15) is 24.4 Å². The van der Waals surface area contributed by atoms with E-state index in [1.165, 1.54) is 36.4 Å². The van der Waals surface area contributed by atoms with Gasteiger partial charge in [0.2, 0.25) is 0 Å². The van der Waals surface area contributed by atoms with Crippen molar-refractivity contribution in [2.75, 3.05) is 13.2 Å². The van der Waals surface area contributed by atoms with Gasteiger partial charge in [-0.3, -0.25) is 0 Å². The van der Waals surface area contributed by atoms with Crippen LogP contribution in [0.25, 0.3) is 0 Å². The predicted octanol–water partition coefficient (Wildman–Crippen LogP) is 3.24. The molecule has 0 amide bonds. The fourth-order valence-electron chi connectivity index (χ4n) is 1.83. The fraction of sp³-hybridized carbons (Fsp3) is 0.286. The third kappa shape index (κ3) is 11.8. The molecule has 0 aliphatic carbocycles. The number of rotatable bonds is 11. The summed E-state index contributed by atoms with van der Waals surface area (Å²) in [6.07, 6.45) is 5.64. The minimum atomic E-state index is -1.20. The van der Waals surface area contributed by atoms with E-state index in [1.54, 1.807) is 6.08 Å². The highest BCUT2D eigenvalue weighted by Gasteiger charge is 2.04. The minimum Gasteiger partial charge on any atom is -0.504 e. The first-order valence-electron chi connectivity index (χ1n) is 8.69. The molecule has 1 atom stereocenters. The minimum absolute atomic E-state index is 0.0878. The van der Waals surface area contributed by atoms with Gasteiger partial charge in [0.25, 0.3) is 0 Å². The average molecular weight is 406 g/mol. The van der Waals surface area contributed by atoms with Crippen LogP contribution in [-0.4, -0.2) is 45.7 Å². The van der Waals surface area contributed by atoms with Crippen molar-refractivity contribution in [3.05, 3.63) is 66.1 Å². The van der Waals surface area contributed by atoms with E-state index < -0.39 is 30.2 Å². The van der Waals surface area contributed by atoms with Crippen molar-refractivity contribution in [3.63, 3.8) is 0 Å². The number of halogens is 1. The van der Waals surface area contributed by atoms with Crippen molar-refractivity contribution in [3.8, 4) is 17.6 Å². The summed E-state index contributed by atoms with van der Waals surface area (Å²) in [6, 6.07) is 5.53. The van der Waals surface area contributed by atoms with Crippen molar-refractivity contribution < 1.29 is 39.1 Å². The van der Waals surface area contributed by atoms with Crippen LogP contribution in [0.15, 0.2) is 60.3 Å². The summed E-state index contributed by atoms with van der Waals surface area (Å²) in [4.78, 5) is 10.2. The number of aliphatic hydroxyl groups is 3. The molecule has 0 aromatic heterocycles. The van der Waals surface area contributed by atoms with Crippen LogP contribution in [0.4, 0.5) is 4.39 Å². The normalized spacial score (nSPS) is 12.9. The number of carboxylic acid groups (broad SMARTS) is 1. The zero-order chi connectivity index (χ0) is 21.5. The lowest BCUT2D eigenvalue weighted by atomic mass is 10.2. The average Bonchev–Trinajstić information content (AvgIpc) is 2.69. The molecule has 0 aliphatic rings. The van der Waals surface area contributed by atoms with Gasteiger partial charge in [0.05, 0.1) is 6.10 Å². The zero-order valence-corrected chi connectivity index (χ0v) is 15.6. The Morgan fingerprint density at radius 2 is 1.86 bits per heavy atom. The van der Waals surface area contributed by atoms with Crippen LogP contribution >= 0.6 is 0 Å². The molecule has 0 spiro atoms. The van der Waals surface area contributed by atoms with Gasteiger partial charge in [-0.2, -0.15) is 0 Å². The van der Waals surface area contributed by atoms with Gasteiger partial charge in [-0.15, -0.1) is 5.92 Å². The Bertz CT molecular complexity index is 785. The first kappa shape index (κ1) is 23.6. The third-order valence-electron chi connectivity index (χ3n) is 3.26. The van der Waals surface area contributed by atoms with E-state index in [1.807, 2.05) is 0 Å². The van der Waals surface area contributed by atoms with Crippen LogP contribution in [0.1, 0.15) is 19.3 Å². The number of hydrogen-bond acceptors (Lipinski definition) is 6. The standard InChI is InChI=1S/C21H23FO7/c22-16-9-11-18(12-10-16)29-13-17(23)7-5-3-1-2-4-6-8-19(24)20(25)14-28-15-21(26)27/h4,6,8-12,14,17,23-25H,2,5,7,13,15H2,(H,26,27)/b6-4+,19-8+,20-14?/t17-/m0/s1. The Hall–Kier alpha value is -3.44. The van der Waals surface area contributed by atoms with Gasteiger partial charge in [-0.1, -0.05) is 18.1 Å². The molecular formula is C21H23FO7. The predicted molar refractivity (Wildman–Crippen MR) is 104 cm³/mol. The lowest BCUT2D eigenvalue weighted by Gasteiger charge is -2.10. The zero-order valence-electron chi connectivity index (χ0n) is 15.6. The number of carbonyl (C=O) groups is 1. The third-order valence-corrected chi connectivity index (χ3v) is 3.26. The lowest BCUT2D eigenvalue weighted by molar-refractivity contribution is -0.140. The highest BCUT2D eigenvalue weighted by Crippen LogP contribution is 2.12. The fourth-order valence-corrected chi connectivity index (χ4v) is 1.83. The number of hydrogen-bond donors (Lipinski definition) is 4. The Morgan fingerprint density at radius 3 is 2.55 bits per heavy atom. The van der Waals surface area contributed by atoms with E-state index in [0.717, 1.165) is 6.26 Å². The summed E-state index contributed by atoms with van der Waals surface area (Å²) in [5.74, 6) is 3.59. The van der Waals surface area contributed by atoms with Crippen LogP contribution < -0.4 is 4.74 Å². The quantitative estimate of drug-likeness (QED) is 0.253. The summed E-state index contributed by atoms with van der Waals surface area (Å²) in [5.41, 5.74) is 0. The first-order chi connectivity index (χ1) is 13.9. The van der Waals surface area contributed by atoms with E-state index in [9.17, 15) is 24.5 Å². The molecule has 0 bridgehead atoms. The van der Waals surface area contributed by atoms with E-state index in [2.05, 4.69) is 16.6 Å². The molecule has 0 saturated carbocycles. The lowest BCUT2D eigenvalue weighted by Crippen LogP contribution is -2.17. The smallest absolute Gasteiger partial charge is 0.341 e. The second-order valence-electron chi connectivity index (χ2n) is 5.70. The van der Waals surface area contributed by atoms with Crippen molar-refractivity contribution in [1.82, 2.24) is 0 Å². The van der Waals surface area contributed by atoms with Gasteiger partial charge in [0.15, 0.2) is 18.1 Å². The van der Waals surface area contributed by atoms with E-state index >= 15 is 0 Å². The van der Waals surface area contributed by atoms with E-state index in [0.29, 0.717) is 25.0 Å².